The molecule has 108 valence electrons. The molecule has 20 heavy (non-hydrogen) atoms. The second-order valence-electron chi connectivity index (χ2n) is 4.78. The summed E-state index contributed by atoms with van der Waals surface area (Å²) >= 11 is 0. The predicted molar refractivity (Wildman–Crippen MR) is 80.7 cm³/mol. The number of rotatable bonds is 7. The van der Waals surface area contributed by atoms with Crippen molar-refractivity contribution >= 4 is 5.88 Å². The molecule has 2 rings (SSSR count). The van der Waals surface area contributed by atoms with E-state index in [9.17, 15) is 0 Å². The Kier molecular flexibility index (Phi) is 5.04. The first-order chi connectivity index (χ1) is 9.76. The Morgan fingerprint density at radius 1 is 1.15 bits per heavy atom. The highest BCUT2D eigenvalue weighted by molar-refractivity contribution is 5.75. The molecule has 0 aliphatic heterocycles. The lowest BCUT2D eigenvalue weighted by atomic mass is 10.0. The molecule has 1 heterocycles. The summed E-state index contributed by atoms with van der Waals surface area (Å²) in [5, 5.41) is 4.09. The fourth-order valence-electron chi connectivity index (χ4n) is 2.24. The van der Waals surface area contributed by atoms with Crippen molar-refractivity contribution in [1.29, 1.82) is 0 Å². The Hall–Kier alpha value is -1.97. The molecule has 0 aliphatic carbocycles. The second-order valence-corrected chi connectivity index (χ2v) is 4.78. The van der Waals surface area contributed by atoms with Crippen LogP contribution in [0.25, 0.3) is 11.1 Å². The van der Waals surface area contributed by atoms with Crippen molar-refractivity contribution in [2.45, 2.75) is 39.5 Å². The molecule has 1 aromatic heterocycles. The number of aromatic nitrogens is 1. The molecule has 0 bridgehead atoms. The molecule has 0 radical (unpaired) electrons. The minimum Gasteiger partial charge on any atom is -0.494 e. The second kappa shape index (κ2) is 6.98. The SMILES string of the molecule is CCCCCc1noc(N)c1-c1ccc(OCC)cc1. The lowest BCUT2D eigenvalue weighted by molar-refractivity contribution is 0.340. The van der Waals surface area contributed by atoms with Gasteiger partial charge < -0.3 is 15.0 Å². The maximum Gasteiger partial charge on any atom is 0.230 e. The van der Waals surface area contributed by atoms with Gasteiger partial charge in [0.2, 0.25) is 5.88 Å². The molecule has 4 heteroatoms. The predicted octanol–water partition coefficient (Wildman–Crippen LogP) is 4.06. The van der Waals surface area contributed by atoms with E-state index in [4.69, 9.17) is 15.0 Å². The van der Waals surface area contributed by atoms with Crippen molar-refractivity contribution < 1.29 is 9.26 Å². The number of nitrogens with zero attached hydrogens (tertiary/aromatic N) is 1. The minimum atomic E-state index is 0.389. The van der Waals surface area contributed by atoms with Crippen LogP contribution < -0.4 is 10.5 Å². The zero-order chi connectivity index (χ0) is 14.4. The van der Waals surface area contributed by atoms with Crippen LogP contribution in [0.5, 0.6) is 5.75 Å². The molecular weight excluding hydrogens is 252 g/mol. The molecule has 0 unspecified atom stereocenters. The van der Waals surface area contributed by atoms with E-state index in [1.54, 1.807) is 0 Å². The first-order valence-electron chi connectivity index (χ1n) is 7.23. The third-order valence-electron chi connectivity index (χ3n) is 3.26. The van der Waals surface area contributed by atoms with Crippen LogP contribution in [0.15, 0.2) is 28.8 Å². The van der Waals surface area contributed by atoms with Crippen molar-refractivity contribution in [2.75, 3.05) is 12.3 Å². The maximum absolute atomic E-state index is 5.91. The van der Waals surface area contributed by atoms with Gasteiger partial charge in [-0.2, -0.15) is 0 Å². The third kappa shape index (κ3) is 3.32. The summed E-state index contributed by atoms with van der Waals surface area (Å²) in [6.07, 6.45) is 4.38. The van der Waals surface area contributed by atoms with E-state index in [1.807, 2.05) is 31.2 Å². The molecular formula is C16H22N2O2. The quantitative estimate of drug-likeness (QED) is 0.773. The number of benzene rings is 1. The number of aryl methyl sites for hydroxylation is 1. The van der Waals surface area contributed by atoms with Gasteiger partial charge in [0, 0.05) is 0 Å². The lowest BCUT2D eigenvalue weighted by Crippen LogP contribution is -1.93. The average molecular weight is 274 g/mol. The lowest BCUT2D eigenvalue weighted by Gasteiger charge is -2.05. The van der Waals surface area contributed by atoms with E-state index < -0.39 is 0 Å². The first-order valence-corrected chi connectivity index (χ1v) is 7.23. The zero-order valence-electron chi connectivity index (χ0n) is 12.2. The Bertz CT molecular complexity index is 532. The van der Waals surface area contributed by atoms with Gasteiger partial charge in [0.25, 0.3) is 0 Å². The van der Waals surface area contributed by atoms with E-state index in [2.05, 4.69) is 12.1 Å². The normalized spacial score (nSPS) is 10.7. The van der Waals surface area contributed by atoms with E-state index in [-0.39, 0.29) is 0 Å². The van der Waals surface area contributed by atoms with Crippen LogP contribution >= 0.6 is 0 Å². The summed E-state index contributed by atoms with van der Waals surface area (Å²) in [5.74, 6) is 1.25. The Labute approximate surface area is 119 Å². The van der Waals surface area contributed by atoms with Gasteiger partial charge in [-0.1, -0.05) is 37.1 Å². The highest BCUT2D eigenvalue weighted by Gasteiger charge is 2.15. The van der Waals surface area contributed by atoms with Crippen molar-refractivity contribution in [3.05, 3.63) is 30.0 Å². The van der Waals surface area contributed by atoms with Crippen LogP contribution in [-0.4, -0.2) is 11.8 Å². The summed E-state index contributed by atoms with van der Waals surface area (Å²) in [5.41, 5.74) is 8.81. The molecule has 0 saturated carbocycles. The number of hydrogen-bond donors (Lipinski definition) is 1. The molecule has 1 aromatic carbocycles. The van der Waals surface area contributed by atoms with Crippen molar-refractivity contribution in [2.24, 2.45) is 0 Å². The van der Waals surface area contributed by atoms with E-state index in [1.165, 1.54) is 12.8 Å². The molecule has 0 atom stereocenters. The van der Waals surface area contributed by atoms with Gasteiger partial charge in [-0.15, -0.1) is 0 Å². The summed E-state index contributed by atoms with van der Waals surface area (Å²) in [7, 11) is 0. The van der Waals surface area contributed by atoms with E-state index >= 15 is 0 Å². The van der Waals surface area contributed by atoms with Crippen LogP contribution in [0.4, 0.5) is 5.88 Å². The van der Waals surface area contributed by atoms with Gasteiger partial charge in [-0.05, 0) is 37.5 Å². The number of ether oxygens (including phenoxy) is 1. The van der Waals surface area contributed by atoms with E-state index in [0.717, 1.165) is 35.4 Å². The van der Waals surface area contributed by atoms with Crippen molar-refractivity contribution in [3.63, 3.8) is 0 Å². The molecule has 0 saturated heterocycles. The Morgan fingerprint density at radius 3 is 2.55 bits per heavy atom. The minimum absolute atomic E-state index is 0.389. The molecule has 0 spiro atoms. The fourth-order valence-corrected chi connectivity index (χ4v) is 2.24. The van der Waals surface area contributed by atoms with Crippen LogP contribution in [0.2, 0.25) is 0 Å². The topological polar surface area (TPSA) is 61.3 Å². The van der Waals surface area contributed by atoms with Gasteiger partial charge in [-0.3, -0.25) is 0 Å². The Balaban J connectivity index is 2.20. The monoisotopic (exact) mass is 274 g/mol. The zero-order valence-corrected chi connectivity index (χ0v) is 12.2. The van der Waals surface area contributed by atoms with Gasteiger partial charge in [0.15, 0.2) is 0 Å². The molecule has 2 aromatic rings. The summed E-state index contributed by atoms with van der Waals surface area (Å²) in [4.78, 5) is 0. The summed E-state index contributed by atoms with van der Waals surface area (Å²) in [6, 6.07) is 7.89. The van der Waals surface area contributed by atoms with Gasteiger partial charge in [0.1, 0.15) is 5.75 Å². The number of unbranched alkanes of at least 4 members (excludes halogenated alkanes) is 2. The van der Waals surface area contributed by atoms with Gasteiger partial charge in [-0.25, -0.2) is 0 Å². The highest BCUT2D eigenvalue weighted by Crippen LogP contribution is 2.31. The number of nitrogens with two attached hydrogens (primary N) is 1. The number of nitrogen functional groups attached to an aromatic ring is 1. The molecule has 4 nitrogen and oxygen atoms in total. The molecule has 0 amide bonds. The number of hydrogen-bond acceptors (Lipinski definition) is 4. The molecule has 0 fully saturated rings. The summed E-state index contributed by atoms with van der Waals surface area (Å²) < 4.78 is 10.6. The molecule has 0 aliphatic rings. The van der Waals surface area contributed by atoms with Crippen LogP contribution in [-0.2, 0) is 6.42 Å². The summed E-state index contributed by atoms with van der Waals surface area (Å²) in [6.45, 7) is 4.82. The van der Waals surface area contributed by atoms with Gasteiger partial charge >= 0.3 is 0 Å². The van der Waals surface area contributed by atoms with Crippen molar-refractivity contribution in [3.8, 4) is 16.9 Å². The highest BCUT2D eigenvalue weighted by atomic mass is 16.5. The van der Waals surface area contributed by atoms with Crippen molar-refractivity contribution in [1.82, 2.24) is 5.16 Å². The Morgan fingerprint density at radius 2 is 1.90 bits per heavy atom. The number of anilines is 1. The van der Waals surface area contributed by atoms with Gasteiger partial charge in [0.05, 0.1) is 17.9 Å². The first kappa shape index (κ1) is 14.4. The molecule has 2 N–H and O–H groups in total. The largest absolute Gasteiger partial charge is 0.494 e. The third-order valence-corrected chi connectivity index (χ3v) is 3.26. The van der Waals surface area contributed by atoms with Crippen LogP contribution in [0.1, 0.15) is 38.8 Å². The standard InChI is InChI=1S/C16H22N2O2/c1-3-5-6-7-14-15(16(17)20-18-14)12-8-10-13(11-9-12)19-4-2/h8-11H,3-7,17H2,1-2H3. The van der Waals surface area contributed by atoms with Crippen LogP contribution in [0, 0.1) is 0 Å². The maximum atomic E-state index is 5.91. The smallest absolute Gasteiger partial charge is 0.230 e. The van der Waals surface area contributed by atoms with E-state index in [0.29, 0.717) is 12.5 Å². The average Bonchev–Trinajstić information content (AvgIpc) is 2.82. The van der Waals surface area contributed by atoms with Crippen LogP contribution in [0.3, 0.4) is 0 Å². The fraction of sp³-hybridized carbons (Fsp3) is 0.438.